The Kier molecular flexibility index (Phi) is 5.67. The molecule has 2 aliphatic carbocycles. The number of hydrogen-bond donors (Lipinski definition) is 0. The molecule has 2 saturated carbocycles. The third-order valence-electron chi connectivity index (χ3n) is 6.76. The second kappa shape index (κ2) is 7.94. The highest BCUT2D eigenvalue weighted by molar-refractivity contribution is 8.22. The van der Waals surface area contributed by atoms with Crippen LogP contribution in [0.1, 0.15) is 64.2 Å². The van der Waals surface area contributed by atoms with Crippen LogP contribution < -0.4 is 0 Å². The summed E-state index contributed by atoms with van der Waals surface area (Å²) in [5.41, 5.74) is 0. The minimum Gasteiger partial charge on any atom is -0.469 e. The summed E-state index contributed by atoms with van der Waals surface area (Å²) in [6.07, 6.45) is 11.2. The molecule has 0 unspecified atom stereocenters. The maximum absolute atomic E-state index is 6.46. The normalized spacial score (nSPS) is 41.4. The van der Waals surface area contributed by atoms with Crippen LogP contribution in [0.25, 0.3) is 0 Å². The van der Waals surface area contributed by atoms with Gasteiger partial charge in [0.15, 0.2) is 30.1 Å². The van der Waals surface area contributed by atoms with Crippen molar-refractivity contribution in [2.45, 2.75) is 106 Å². The van der Waals surface area contributed by atoms with Crippen LogP contribution in [0.4, 0.5) is 0 Å². The van der Waals surface area contributed by atoms with E-state index in [4.69, 9.17) is 40.6 Å². The summed E-state index contributed by atoms with van der Waals surface area (Å²) in [5.74, 6) is -0.959. The molecule has 2 spiro atoms. The van der Waals surface area contributed by atoms with Crippen LogP contribution in [0.5, 0.6) is 0 Å². The Bertz CT molecular complexity index is 589. The van der Waals surface area contributed by atoms with E-state index in [9.17, 15) is 0 Å². The van der Waals surface area contributed by atoms with Crippen molar-refractivity contribution >= 4 is 28.4 Å². The minimum absolute atomic E-state index is 0.187. The Balaban J connectivity index is 1.32. The van der Waals surface area contributed by atoms with Crippen molar-refractivity contribution in [1.82, 2.24) is 0 Å². The molecule has 6 nitrogen and oxygen atoms in total. The molecule has 3 heterocycles. The van der Waals surface area contributed by atoms with Gasteiger partial charge in [-0.1, -0.05) is 24.6 Å². The van der Waals surface area contributed by atoms with Crippen LogP contribution >= 0.6 is 24.0 Å². The predicted molar refractivity (Wildman–Crippen MR) is 108 cm³/mol. The van der Waals surface area contributed by atoms with E-state index in [1.54, 1.807) is 0 Å². The van der Waals surface area contributed by atoms with Crippen molar-refractivity contribution in [2.75, 3.05) is 12.9 Å². The maximum atomic E-state index is 6.46. The summed E-state index contributed by atoms with van der Waals surface area (Å²) in [6.45, 7) is 0.515. The van der Waals surface area contributed by atoms with Crippen molar-refractivity contribution in [1.29, 1.82) is 0 Å². The van der Waals surface area contributed by atoms with Gasteiger partial charge in [0, 0.05) is 25.7 Å². The van der Waals surface area contributed by atoms with Crippen molar-refractivity contribution in [3.63, 3.8) is 0 Å². The van der Waals surface area contributed by atoms with Gasteiger partial charge in [0.05, 0.1) is 6.61 Å². The summed E-state index contributed by atoms with van der Waals surface area (Å²) in [4.78, 5) is 0. The van der Waals surface area contributed by atoms with Gasteiger partial charge in [0.2, 0.25) is 4.38 Å². The van der Waals surface area contributed by atoms with E-state index < -0.39 is 17.9 Å². The Morgan fingerprint density at radius 3 is 2.25 bits per heavy atom. The third kappa shape index (κ3) is 3.63. The SMILES string of the molecule is CSC(=S)O[C@@H]1[C@H]2OC3(CCCCC3)O[C@H]2O[C@@H]1[C@H]1COC2(CCCCC2)O1. The maximum Gasteiger partial charge on any atom is 0.220 e. The summed E-state index contributed by atoms with van der Waals surface area (Å²) >= 11 is 6.79. The Labute approximate surface area is 176 Å². The van der Waals surface area contributed by atoms with Crippen LogP contribution in [-0.2, 0) is 28.4 Å². The van der Waals surface area contributed by atoms with Crippen molar-refractivity contribution in [3.05, 3.63) is 0 Å². The van der Waals surface area contributed by atoms with Gasteiger partial charge in [0.1, 0.15) is 12.2 Å². The molecule has 0 bridgehead atoms. The molecule has 5 rings (SSSR count). The first kappa shape index (κ1) is 20.0. The molecular formula is C20H30O6S2. The van der Waals surface area contributed by atoms with Crippen LogP contribution in [-0.4, -0.2) is 59.5 Å². The molecule has 158 valence electrons. The number of hydrogen-bond acceptors (Lipinski definition) is 8. The summed E-state index contributed by atoms with van der Waals surface area (Å²) in [7, 11) is 0. The van der Waals surface area contributed by atoms with Crippen LogP contribution in [0, 0.1) is 0 Å². The lowest BCUT2D eigenvalue weighted by Gasteiger charge is -2.35. The van der Waals surface area contributed by atoms with Gasteiger partial charge in [-0.15, -0.1) is 0 Å². The van der Waals surface area contributed by atoms with Gasteiger partial charge in [-0.3, -0.25) is 0 Å². The van der Waals surface area contributed by atoms with Crippen molar-refractivity contribution in [2.24, 2.45) is 0 Å². The Morgan fingerprint density at radius 1 is 0.893 bits per heavy atom. The molecule has 0 aromatic rings. The van der Waals surface area contributed by atoms with Crippen LogP contribution in [0.3, 0.4) is 0 Å². The molecule has 5 fully saturated rings. The highest BCUT2D eigenvalue weighted by atomic mass is 32.2. The quantitative estimate of drug-likeness (QED) is 0.612. The minimum atomic E-state index is -0.515. The molecule has 0 radical (unpaired) electrons. The zero-order valence-corrected chi connectivity index (χ0v) is 18.1. The van der Waals surface area contributed by atoms with Gasteiger partial charge < -0.3 is 28.4 Å². The zero-order chi connectivity index (χ0) is 19.2. The van der Waals surface area contributed by atoms with Gasteiger partial charge in [-0.25, -0.2) is 0 Å². The lowest BCUT2D eigenvalue weighted by atomic mass is 9.94. The molecule has 5 atom stereocenters. The number of fused-ring (bicyclic) bond motifs is 1. The molecule has 0 aromatic carbocycles. The average molecular weight is 431 g/mol. The molecular weight excluding hydrogens is 400 g/mol. The molecule has 0 N–H and O–H groups in total. The molecule has 5 aliphatic rings. The fourth-order valence-corrected chi connectivity index (χ4v) is 5.69. The summed E-state index contributed by atoms with van der Waals surface area (Å²) < 4.78 is 38.3. The van der Waals surface area contributed by atoms with E-state index in [2.05, 4.69) is 0 Å². The molecule has 0 amide bonds. The Morgan fingerprint density at radius 2 is 1.57 bits per heavy atom. The van der Waals surface area contributed by atoms with E-state index in [1.807, 2.05) is 6.26 Å². The predicted octanol–water partition coefficient (Wildman–Crippen LogP) is 3.90. The van der Waals surface area contributed by atoms with Gasteiger partial charge >= 0.3 is 0 Å². The molecule has 8 heteroatoms. The van der Waals surface area contributed by atoms with Crippen molar-refractivity contribution in [3.8, 4) is 0 Å². The van der Waals surface area contributed by atoms with Gasteiger partial charge in [0.25, 0.3) is 0 Å². The summed E-state index contributed by atoms with van der Waals surface area (Å²) in [5, 5.41) is 0. The monoisotopic (exact) mass is 430 g/mol. The number of thioether (sulfide) groups is 1. The van der Waals surface area contributed by atoms with Crippen LogP contribution in [0.15, 0.2) is 0 Å². The Hall–Kier alpha value is 0.0400. The van der Waals surface area contributed by atoms with Crippen LogP contribution in [0.2, 0.25) is 0 Å². The zero-order valence-electron chi connectivity index (χ0n) is 16.4. The third-order valence-corrected chi connectivity index (χ3v) is 7.79. The lowest BCUT2D eigenvalue weighted by Crippen LogP contribution is -2.46. The standard InChI is InChI=1S/C20H30O6S2/c1-28-18(27)23-15-14(13-12-21-19(24-13)8-4-2-5-9-19)22-17-16(15)25-20(26-17)10-6-3-7-11-20/h13-17H,2-12H2,1H3/t13-,14-,15+,16-,17-/m1/s1. The smallest absolute Gasteiger partial charge is 0.220 e. The lowest BCUT2D eigenvalue weighted by molar-refractivity contribution is -0.258. The fraction of sp³-hybridized carbons (Fsp3) is 0.950. The topological polar surface area (TPSA) is 55.4 Å². The molecule has 3 aliphatic heterocycles. The molecule has 0 aromatic heterocycles. The van der Waals surface area contributed by atoms with Gasteiger partial charge in [-0.2, -0.15) is 0 Å². The van der Waals surface area contributed by atoms with E-state index in [1.165, 1.54) is 24.6 Å². The number of thiocarbonyl (C=S) groups is 1. The van der Waals surface area contributed by atoms with Gasteiger partial charge in [-0.05, 0) is 44.2 Å². The summed E-state index contributed by atoms with van der Waals surface area (Å²) in [6, 6.07) is 0. The van der Waals surface area contributed by atoms with E-state index in [0.29, 0.717) is 11.0 Å². The van der Waals surface area contributed by atoms with Crippen molar-refractivity contribution < 1.29 is 28.4 Å². The second-order valence-corrected chi connectivity index (χ2v) is 10.0. The van der Waals surface area contributed by atoms with E-state index in [0.717, 1.165) is 51.4 Å². The first-order valence-corrected chi connectivity index (χ1v) is 12.3. The molecule has 3 saturated heterocycles. The second-order valence-electron chi connectivity index (χ2n) is 8.62. The largest absolute Gasteiger partial charge is 0.469 e. The highest BCUT2D eigenvalue weighted by Gasteiger charge is 2.62. The van der Waals surface area contributed by atoms with E-state index in [-0.39, 0.29) is 24.4 Å². The number of rotatable bonds is 2. The molecule has 28 heavy (non-hydrogen) atoms. The number of ether oxygens (including phenoxy) is 6. The first-order valence-electron chi connectivity index (χ1n) is 10.7. The van der Waals surface area contributed by atoms with E-state index >= 15 is 0 Å². The fourth-order valence-electron chi connectivity index (χ4n) is 5.37. The highest BCUT2D eigenvalue weighted by Crippen LogP contribution is 2.48. The average Bonchev–Trinajstić information content (AvgIpc) is 3.36. The first-order chi connectivity index (χ1) is 13.6.